The molecule has 1 aromatic carbocycles. The predicted molar refractivity (Wildman–Crippen MR) is 84.8 cm³/mol. The highest BCUT2D eigenvalue weighted by molar-refractivity contribution is 5.91. The molecule has 3 rings (SSSR count). The first-order chi connectivity index (χ1) is 10.7. The highest BCUT2D eigenvalue weighted by Crippen LogP contribution is 2.31. The van der Waals surface area contributed by atoms with Crippen LogP contribution in [-0.4, -0.2) is 48.8 Å². The summed E-state index contributed by atoms with van der Waals surface area (Å²) in [5, 5.41) is 1.09. The number of fused-ring (bicyclic) bond motifs is 1. The average Bonchev–Trinajstić information content (AvgIpc) is 2.94. The lowest BCUT2D eigenvalue weighted by molar-refractivity contribution is -0.151. The molecule has 0 bridgehead atoms. The van der Waals surface area contributed by atoms with Gasteiger partial charge in [0.1, 0.15) is 6.04 Å². The minimum Gasteiger partial charge on any atom is -0.465 e. The van der Waals surface area contributed by atoms with Crippen molar-refractivity contribution >= 4 is 16.9 Å². The standard InChI is InChI=1S/C17H22N2O3/c1-3-22-17(20)16(19-7-9-21-10-8-19)14-11-18-15-12(2)5-4-6-13(14)15/h4-6,11,16,18H,3,7-10H2,1-2H3. The van der Waals surface area contributed by atoms with Crippen LogP contribution in [0.4, 0.5) is 0 Å². The van der Waals surface area contributed by atoms with E-state index >= 15 is 0 Å². The molecule has 0 saturated carbocycles. The Hall–Kier alpha value is -1.85. The van der Waals surface area contributed by atoms with Gasteiger partial charge in [-0.15, -0.1) is 0 Å². The zero-order chi connectivity index (χ0) is 15.5. The summed E-state index contributed by atoms with van der Waals surface area (Å²) in [7, 11) is 0. The Balaban J connectivity index is 2.03. The average molecular weight is 302 g/mol. The Morgan fingerprint density at radius 3 is 2.91 bits per heavy atom. The van der Waals surface area contributed by atoms with E-state index in [9.17, 15) is 4.79 Å². The molecule has 1 saturated heterocycles. The summed E-state index contributed by atoms with van der Waals surface area (Å²) in [6.07, 6.45) is 1.94. The van der Waals surface area contributed by atoms with Crippen molar-refractivity contribution in [1.29, 1.82) is 0 Å². The second-order valence-electron chi connectivity index (χ2n) is 5.54. The zero-order valence-corrected chi connectivity index (χ0v) is 13.1. The molecule has 22 heavy (non-hydrogen) atoms. The van der Waals surface area contributed by atoms with Gasteiger partial charge in [0.15, 0.2) is 0 Å². The fourth-order valence-electron chi connectivity index (χ4n) is 3.08. The lowest BCUT2D eigenvalue weighted by atomic mass is 10.0. The zero-order valence-electron chi connectivity index (χ0n) is 13.1. The van der Waals surface area contributed by atoms with Crippen LogP contribution in [0.1, 0.15) is 24.1 Å². The topological polar surface area (TPSA) is 54.6 Å². The number of nitrogens with zero attached hydrogens (tertiary/aromatic N) is 1. The van der Waals surface area contributed by atoms with E-state index in [1.807, 2.05) is 19.2 Å². The molecule has 1 N–H and O–H groups in total. The number of carbonyl (C=O) groups is 1. The minimum atomic E-state index is -0.376. The molecule has 2 heterocycles. The number of carbonyl (C=O) groups excluding carboxylic acids is 1. The summed E-state index contributed by atoms with van der Waals surface area (Å²) in [5.41, 5.74) is 3.24. The number of para-hydroxylation sites is 1. The first kappa shape index (κ1) is 15.1. The number of aromatic amines is 1. The number of nitrogens with one attached hydrogen (secondary N) is 1. The van der Waals surface area contributed by atoms with Crippen molar-refractivity contribution in [3.8, 4) is 0 Å². The molecule has 1 unspecified atom stereocenters. The Bertz CT molecular complexity index is 659. The summed E-state index contributed by atoms with van der Waals surface area (Å²) in [6, 6.07) is 5.77. The van der Waals surface area contributed by atoms with Crippen LogP contribution in [0.5, 0.6) is 0 Å². The van der Waals surface area contributed by atoms with E-state index in [0.29, 0.717) is 19.8 Å². The second-order valence-corrected chi connectivity index (χ2v) is 5.54. The first-order valence-corrected chi connectivity index (χ1v) is 7.77. The number of morpholine rings is 1. The molecule has 0 spiro atoms. The van der Waals surface area contributed by atoms with Gasteiger partial charge in [-0.05, 0) is 19.4 Å². The third-order valence-corrected chi connectivity index (χ3v) is 4.17. The van der Waals surface area contributed by atoms with Crippen molar-refractivity contribution < 1.29 is 14.3 Å². The van der Waals surface area contributed by atoms with Crippen molar-refractivity contribution in [2.75, 3.05) is 32.9 Å². The maximum atomic E-state index is 12.6. The summed E-state index contributed by atoms with van der Waals surface area (Å²) in [6.45, 7) is 7.07. The van der Waals surface area contributed by atoms with Gasteiger partial charge in [0, 0.05) is 35.8 Å². The molecule has 1 fully saturated rings. The molecule has 5 heteroatoms. The number of esters is 1. The van der Waals surface area contributed by atoms with Crippen molar-refractivity contribution in [2.45, 2.75) is 19.9 Å². The molecule has 2 aromatic rings. The largest absolute Gasteiger partial charge is 0.465 e. The maximum Gasteiger partial charge on any atom is 0.328 e. The van der Waals surface area contributed by atoms with Crippen LogP contribution in [0.25, 0.3) is 10.9 Å². The quantitative estimate of drug-likeness (QED) is 0.881. The van der Waals surface area contributed by atoms with E-state index in [4.69, 9.17) is 9.47 Å². The normalized spacial score (nSPS) is 17.5. The van der Waals surface area contributed by atoms with Gasteiger partial charge in [-0.1, -0.05) is 18.2 Å². The molecule has 5 nitrogen and oxygen atoms in total. The number of ether oxygens (including phenoxy) is 2. The fraction of sp³-hybridized carbons (Fsp3) is 0.471. The Morgan fingerprint density at radius 1 is 1.41 bits per heavy atom. The second kappa shape index (κ2) is 6.50. The number of H-pyrrole nitrogens is 1. The summed E-state index contributed by atoms with van der Waals surface area (Å²) >= 11 is 0. The van der Waals surface area contributed by atoms with Crippen LogP contribution in [-0.2, 0) is 14.3 Å². The van der Waals surface area contributed by atoms with Crippen molar-refractivity contribution in [3.05, 3.63) is 35.5 Å². The predicted octanol–water partition coefficient (Wildman–Crippen LogP) is 2.41. The molecule has 1 atom stereocenters. The minimum absolute atomic E-state index is 0.188. The van der Waals surface area contributed by atoms with Crippen molar-refractivity contribution in [2.24, 2.45) is 0 Å². The number of rotatable bonds is 4. The van der Waals surface area contributed by atoms with Crippen LogP contribution in [0.2, 0.25) is 0 Å². The fourth-order valence-corrected chi connectivity index (χ4v) is 3.08. The van der Waals surface area contributed by atoms with Gasteiger partial charge in [0.2, 0.25) is 0 Å². The number of benzene rings is 1. The lowest BCUT2D eigenvalue weighted by Crippen LogP contribution is -2.42. The summed E-state index contributed by atoms with van der Waals surface area (Å²) in [5.74, 6) is -0.188. The third kappa shape index (κ3) is 2.74. The number of aromatic nitrogens is 1. The summed E-state index contributed by atoms with van der Waals surface area (Å²) < 4.78 is 10.7. The van der Waals surface area contributed by atoms with Gasteiger partial charge < -0.3 is 14.5 Å². The van der Waals surface area contributed by atoms with E-state index in [0.717, 1.165) is 29.6 Å². The molecular weight excluding hydrogens is 280 g/mol. The van der Waals surface area contributed by atoms with Gasteiger partial charge in [-0.25, -0.2) is 4.79 Å². The van der Waals surface area contributed by atoms with Gasteiger partial charge in [0.25, 0.3) is 0 Å². The van der Waals surface area contributed by atoms with Crippen LogP contribution in [0.15, 0.2) is 24.4 Å². The van der Waals surface area contributed by atoms with Gasteiger partial charge in [-0.3, -0.25) is 4.90 Å². The van der Waals surface area contributed by atoms with Crippen LogP contribution in [0.3, 0.4) is 0 Å². The van der Waals surface area contributed by atoms with E-state index in [-0.39, 0.29) is 12.0 Å². The van der Waals surface area contributed by atoms with Crippen LogP contribution < -0.4 is 0 Å². The highest BCUT2D eigenvalue weighted by atomic mass is 16.5. The third-order valence-electron chi connectivity index (χ3n) is 4.17. The Labute approximate surface area is 130 Å². The summed E-state index contributed by atoms with van der Waals surface area (Å²) in [4.78, 5) is 18.0. The number of hydrogen-bond donors (Lipinski definition) is 1. The molecule has 1 aromatic heterocycles. The maximum absolute atomic E-state index is 12.6. The molecular formula is C17H22N2O3. The van der Waals surface area contributed by atoms with Gasteiger partial charge in [-0.2, -0.15) is 0 Å². The Kier molecular flexibility index (Phi) is 4.45. The van der Waals surface area contributed by atoms with Gasteiger partial charge >= 0.3 is 5.97 Å². The van der Waals surface area contributed by atoms with E-state index < -0.39 is 0 Å². The molecule has 118 valence electrons. The molecule has 1 aliphatic heterocycles. The number of aryl methyl sites for hydroxylation is 1. The SMILES string of the molecule is CCOC(=O)C(c1c[nH]c2c(C)cccc12)N1CCOCC1. The molecule has 0 radical (unpaired) electrons. The monoisotopic (exact) mass is 302 g/mol. The van der Waals surface area contributed by atoms with E-state index in [2.05, 4.69) is 28.9 Å². The molecule has 1 aliphatic rings. The van der Waals surface area contributed by atoms with Gasteiger partial charge in [0.05, 0.1) is 19.8 Å². The highest BCUT2D eigenvalue weighted by Gasteiger charge is 2.32. The lowest BCUT2D eigenvalue weighted by Gasteiger charge is -2.32. The Morgan fingerprint density at radius 2 is 2.18 bits per heavy atom. The van der Waals surface area contributed by atoms with E-state index in [1.165, 1.54) is 5.56 Å². The van der Waals surface area contributed by atoms with Crippen LogP contribution in [0, 0.1) is 6.92 Å². The van der Waals surface area contributed by atoms with Crippen LogP contribution >= 0.6 is 0 Å². The molecule has 0 amide bonds. The number of hydrogen-bond acceptors (Lipinski definition) is 4. The molecule has 0 aliphatic carbocycles. The smallest absolute Gasteiger partial charge is 0.328 e. The van der Waals surface area contributed by atoms with Crippen molar-refractivity contribution in [3.63, 3.8) is 0 Å². The first-order valence-electron chi connectivity index (χ1n) is 7.77. The van der Waals surface area contributed by atoms with Crippen molar-refractivity contribution in [1.82, 2.24) is 9.88 Å². The van der Waals surface area contributed by atoms with E-state index in [1.54, 1.807) is 0 Å².